The molecule has 0 heterocycles. The van der Waals surface area contributed by atoms with Gasteiger partial charge in [-0.1, -0.05) is 32.4 Å². The van der Waals surface area contributed by atoms with Crippen LogP contribution in [0.3, 0.4) is 0 Å². The van der Waals surface area contributed by atoms with E-state index in [9.17, 15) is 15.0 Å². The number of carbonyl (C=O) groups is 1. The van der Waals surface area contributed by atoms with Crippen molar-refractivity contribution >= 4 is 5.91 Å². The van der Waals surface area contributed by atoms with E-state index >= 15 is 0 Å². The quantitative estimate of drug-likeness (QED) is 0.521. The number of phenols is 1. The minimum Gasteiger partial charge on any atom is -0.508 e. The summed E-state index contributed by atoms with van der Waals surface area (Å²) in [4.78, 5) is 11.9. The van der Waals surface area contributed by atoms with Crippen molar-refractivity contribution in [3.05, 3.63) is 29.8 Å². The summed E-state index contributed by atoms with van der Waals surface area (Å²) < 4.78 is 0. The minimum absolute atomic E-state index is 0.0444. The Labute approximate surface area is 132 Å². The summed E-state index contributed by atoms with van der Waals surface area (Å²) in [5.41, 5.74) is 6.87. The van der Waals surface area contributed by atoms with Crippen molar-refractivity contribution < 1.29 is 15.0 Å². The van der Waals surface area contributed by atoms with Crippen LogP contribution in [-0.4, -0.2) is 34.8 Å². The van der Waals surface area contributed by atoms with Crippen LogP contribution in [0.25, 0.3) is 0 Å². The smallest absolute Gasteiger partial charge is 0.222 e. The van der Waals surface area contributed by atoms with E-state index in [1.165, 1.54) is 0 Å². The number of unbranched alkanes of at least 4 members (excludes halogenated alkanes) is 1. The normalized spacial score (nSPS) is 15.1. The first-order chi connectivity index (χ1) is 10.4. The Morgan fingerprint density at radius 2 is 2.14 bits per heavy atom. The van der Waals surface area contributed by atoms with Gasteiger partial charge in [0.15, 0.2) is 0 Å². The number of aromatic hydroxyl groups is 1. The first kappa shape index (κ1) is 18.5. The van der Waals surface area contributed by atoms with E-state index in [1.54, 1.807) is 25.1 Å². The maximum Gasteiger partial charge on any atom is 0.222 e. The molecule has 1 aromatic rings. The zero-order valence-electron chi connectivity index (χ0n) is 13.5. The third-order valence-electron chi connectivity index (χ3n) is 3.75. The predicted octanol–water partition coefficient (Wildman–Crippen LogP) is 1.57. The second kappa shape index (κ2) is 9.43. The first-order valence-electron chi connectivity index (χ1n) is 7.93. The number of amides is 1. The van der Waals surface area contributed by atoms with Gasteiger partial charge in [0.2, 0.25) is 5.91 Å². The third kappa shape index (κ3) is 6.45. The Bertz CT molecular complexity index is 465. The van der Waals surface area contributed by atoms with Crippen LogP contribution >= 0.6 is 0 Å². The molecule has 0 aliphatic heterocycles. The maximum atomic E-state index is 11.9. The van der Waals surface area contributed by atoms with E-state index in [0.717, 1.165) is 18.4 Å². The molecule has 5 heteroatoms. The lowest BCUT2D eigenvalue weighted by Crippen LogP contribution is -2.40. The minimum atomic E-state index is -0.755. The SMILES string of the molecule is CCCCNC(=O)[C@H](C)C[C@H](O)[C@@H](N)Cc1cccc(O)c1. The van der Waals surface area contributed by atoms with Crippen LogP contribution < -0.4 is 11.1 Å². The molecule has 3 atom stereocenters. The van der Waals surface area contributed by atoms with E-state index in [2.05, 4.69) is 12.2 Å². The van der Waals surface area contributed by atoms with Crippen molar-refractivity contribution in [1.82, 2.24) is 5.32 Å². The number of hydrogen-bond acceptors (Lipinski definition) is 4. The van der Waals surface area contributed by atoms with Gasteiger partial charge < -0.3 is 21.3 Å². The molecule has 5 N–H and O–H groups in total. The fourth-order valence-electron chi connectivity index (χ4n) is 2.30. The monoisotopic (exact) mass is 308 g/mol. The van der Waals surface area contributed by atoms with E-state index in [-0.39, 0.29) is 17.6 Å². The van der Waals surface area contributed by atoms with Crippen LogP contribution in [0.5, 0.6) is 5.75 Å². The van der Waals surface area contributed by atoms with Gasteiger partial charge in [-0.25, -0.2) is 0 Å². The van der Waals surface area contributed by atoms with Gasteiger partial charge in [0.1, 0.15) is 5.75 Å². The Morgan fingerprint density at radius 3 is 2.77 bits per heavy atom. The second-order valence-electron chi connectivity index (χ2n) is 5.89. The Morgan fingerprint density at radius 1 is 1.41 bits per heavy atom. The summed E-state index contributed by atoms with van der Waals surface area (Å²) in [6, 6.07) is 6.36. The molecule has 1 amide bonds. The van der Waals surface area contributed by atoms with Gasteiger partial charge >= 0.3 is 0 Å². The highest BCUT2D eigenvalue weighted by molar-refractivity contribution is 5.78. The van der Waals surface area contributed by atoms with Gasteiger partial charge in [-0.2, -0.15) is 0 Å². The molecule has 0 bridgehead atoms. The third-order valence-corrected chi connectivity index (χ3v) is 3.75. The zero-order valence-corrected chi connectivity index (χ0v) is 13.5. The highest BCUT2D eigenvalue weighted by Gasteiger charge is 2.22. The molecule has 0 aliphatic rings. The fourth-order valence-corrected chi connectivity index (χ4v) is 2.30. The molecule has 0 saturated carbocycles. The molecular weight excluding hydrogens is 280 g/mol. The molecule has 0 radical (unpaired) electrons. The van der Waals surface area contributed by atoms with E-state index in [0.29, 0.717) is 19.4 Å². The van der Waals surface area contributed by atoms with Crippen molar-refractivity contribution in [2.75, 3.05) is 6.54 Å². The number of hydrogen-bond donors (Lipinski definition) is 4. The number of nitrogens with two attached hydrogens (primary N) is 1. The number of aliphatic hydroxyl groups excluding tert-OH is 1. The maximum absolute atomic E-state index is 11.9. The second-order valence-corrected chi connectivity index (χ2v) is 5.89. The van der Waals surface area contributed by atoms with Crippen molar-refractivity contribution in [3.63, 3.8) is 0 Å². The Kier molecular flexibility index (Phi) is 7.91. The highest BCUT2D eigenvalue weighted by atomic mass is 16.3. The standard InChI is InChI=1S/C17H28N2O3/c1-3-4-8-19-17(22)12(2)9-16(21)15(18)11-13-6-5-7-14(20)10-13/h5-7,10,12,15-16,20-21H,3-4,8-9,11,18H2,1-2H3,(H,19,22)/t12-,15+,16+/m1/s1. The summed E-state index contributed by atoms with van der Waals surface area (Å²) in [6.45, 7) is 4.54. The zero-order chi connectivity index (χ0) is 16.5. The largest absolute Gasteiger partial charge is 0.508 e. The van der Waals surface area contributed by atoms with Crippen molar-refractivity contribution in [2.24, 2.45) is 11.7 Å². The number of phenolic OH excluding ortho intramolecular Hbond substituents is 1. The molecule has 1 aromatic carbocycles. The van der Waals surface area contributed by atoms with E-state index in [4.69, 9.17) is 5.73 Å². The molecule has 0 spiro atoms. The molecule has 0 fully saturated rings. The summed E-state index contributed by atoms with van der Waals surface area (Å²) >= 11 is 0. The molecule has 0 unspecified atom stereocenters. The van der Waals surface area contributed by atoms with Gasteiger partial charge in [0, 0.05) is 18.5 Å². The van der Waals surface area contributed by atoms with Gasteiger partial charge in [-0.3, -0.25) is 4.79 Å². The van der Waals surface area contributed by atoms with Gasteiger partial charge in [0.05, 0.1) is 6.10 Å². The van der Waals surface area contributed by atoms with E-state index in [1.807, 2.05) is 6.07 Å². The average molecular weight is 308 g/mol. The fraction of sp³-hybridized carbons (Fsp3) is 0.588. The predicted molar refractivity (Wildman–Crippen MR) is 87.5 cm³/mol. The van der Waals surface area contributed by atoms with Crippen LogP contribution in [0.15, 0.2) is 24.3 Å². The summed E-state index contributed by atoms with van der Waals surface area (Å²) in [6.07, 6.45) is 2.02. The number of nitrogens with one attached hydrogen (secondary N) is 1. The van der Waals surface area contributed by atoms with Crippen LogP contribution in [0.1, 0.15) is 38.7 Å². The summed E-state index contributed by atoms with van der Waals surface area (Å²) in [7, 11) is 0. The van der Waals surface area contributed by atoms with Crippen LogP contribution in [0.4, 0.5) is 0 Å². The Balaban J connectivity index is 2.42. The number of rotatable bonds is 9. The molecule has 0 saturated heterocycles. The van der Waals surface area contributed by atoms with Crippen LogP contribution in [0.2, 0.25) is 0 Å². The summed E-state index contributed by atoms with van der Waals surface area (Å²) in [5, 5.41) is 22.5. The molecule has 1 rings (SSSR count). The van der Waals surface area contributed by atoms with Crippen molar-refractivity contribution in [3.8, 4) is 5.75 Å². The van der Waals surface area contributed by atoms with Crippen LogP contribution in [0, 0.1) is 5.92 Å². The molecule has 22 heavy (non-hydrogen) atoms. The lowest BCUT2D eigenvalue weighted by atomic mass is 9.94. The lowest BCUT2D eigenvalue weighted by molar-refractivity contribution is -0.125. The van der Waals surface area contributed by atoms with Gasteiger partial charge in [0.25, 0.3) is 0 Å². The molecule has 5 nitrogen and oxygen atoms in total. The number of carbonyl (C=O) groups excluding carboxylic acids is 1. The van der Waals surface area contributed by atoms with Crippen LogP contribution in [-0.2, 0) is 11.2 Å². The number of aliphatic hydroxyl groups is 1. The Hall–Kier alpha value is -1.59. The van der Waals surface area contributed by atoms with E-state index < -0.39 is 12.1 Å². The molecular formula is C17H28N2O3. The molecule has 0 aromatic heterocycles. The van der Waals surface area contributed by atoms with Crippen molar-refractivity contribution in [2.45, 2.75) is 51.7 Å². The average Bonchev–Trinajstić information content (AvgIpc) is 2.47. The number of benzene rings is 1. The van der Waals surface area contributed by atoms with Gasteiger partial charge in [-0.15, -0.1) is 0 Å². The first-order valence-corrected chi connectivity index (χ1v) is 7.93. The van der Waals surface area contributed by atoms with Gasteiger partial charge in [-0.05, 0) is 37.0 Å². The molecule has 0 aliphatic carbocycles. The van der Waals surface area contributed by atoms with Crippen molar-refractivity contribution in [1.29, 1.82) is 0 Å². The molecule has 124 valence electrons. The topological polar surface area (TPSA) is 95.6 Å². The lowest BCUT2D eigenvalue weighted by Gasteiger charge is -2.22. The highest BCUT2D eigenvalue weighted by Crippen LogP contribution is 2.15. The summed E-state index contributed by atoms with van der Waals surface area (Å²) in [5.74, 6) is -0.137.